The SMILES string of the molecule is CC(=O)c1nn(CC(=O)N2C3C[C@]3(C)C[C@H]2C(=O)Nc2cccc(OC(F)(F)F)c2F)c2ccc(-c3cnc(C)nc3)cc12. The van der Waals surface area contributed by atoms with Crippen molar-refractivity contribution in [1.29, 1.82) is 0 Å². The molecule has 10 nitrogen and oxygen atoms in total. The Balaban J connectivity index is 1.26. The molecule has 0 radical (unpaired) electrons. The van der Waals surface area contributed by atoms with E-state index in [-0.39, 0.29) is 35.9 Å². The first-order chi connectivity index (χ1) is 20.7. The summed E-state index contributed by atoms with van der Waals surface area (Å²) in [6, 6.07) is 7.09. The van der Waals surface area contributed by atoms with E-state index >= 15 is 0 Å². The Kier molecular flexibility index (Phi) is 6.89. The zero-order valence-corrected chi connectivity index (χ0v) is 23.8. The highest BCUT2D eigenvalue weighted by Gasteiger charge is 2.64. The number of likely N-dealkylation sites (tertiary alicyclic amines) is 1. The van der Waals surface area contributed by atoms with Crippen molar-refractivity contribution < 1.29 is 36.7 Å². The fourth-order valence-electron chi connectivity index (χ4n) is 5.88. The Labute approximate surface area is 248 Å². The molecule has 3 heterocycles. The molecular formula is C30H26F4N6O4. The molecule has 2 aromatic heterocycles. The van der Waals surface area contributed by atoms with E-state index in [0.717, 1.165) is 29.3 Å². The quantitative estimate of drug-likeness (QED) is 0.230. The molecule has 3 atom stereocenters. The van der Waals surface area contributed by atoms with E-state index in [0.29, 0.717) is 23.1 Å². The molecule has 2 aromatic carbocycles. The van der Waals surface area contributed by atoms with Crippen molar-refractivity contribution in [3.63, 3.8) is 0 Å². The lowest BCUT2D eigenvalue weighted by Gasteiger charge is -2.27. The first kappa shape index (κ1) is 29.2. The van der Waals surface area contributed by atoms with Crippen LogP contribution >= 0.6 is 0 Å². The largest absolute Gasteiger partial charge is 0.573 e. The number of rotatable bonds is 7. The van der Waals surface area contributed by atoms with E-state index in [1.54, 1.807) is 37.5 Å². The summed E-state index contributed by atoms with van der Waals surface area (Å²) in [6.45, 7) is 4.79. The highest BCUT2D eigenvalue weighted by molar-refractivity contribution is 6.06. The van der Waals surface area contributed by atoms with Gasteiger partial charge in [0.15, 0.2) is 17.3 Å². The minimum atomic E-state index is -5.12. The first-order valence-corrected chi connectivity index (χ1v) is 13.7. The van der Waals surface area contributed by atoms with Crippen molar-refractivity contribution in [3.8, 4) is 16.9 Å². The number of benzene rings is 2. The molecule has 0 bridgehead atoms. The van der Waals surface area contributed by atoms with Crippen molar-refractivity contribution in [2.75, 3.05) is 5.32 Å². The number of alkyl halides is 3. The molecule has 1 unspecified atom stereocenters. The molecular weight excluding hydrogens is 584 g/mol. The molecule has 4 aromatic rings. The zero-order chi connectivity index (χ0) is 31.6. The Hall–Kier alpha value is -4.88. The minimum Gasteiger partial charge on any atom is -0.403 e. The van der Waals surface area contributed by atoms with Gasteiger partial charge in [-0.1, -0.05) is 19.1 Å². The van der Waals surface area contributed by atoms with Crippen LogP contribution in [0, 0.1) is 18.2 Å². The Morgan fingerprint density at radius 1 is 1.09 bits per heavy atom. The number of carbonyl (C=O) groups excluding carboxylic acids is 3. The Morgan fingerprint density at radius 2 is 1.82 bits per heavy atom. The summed E-state index contributed by atoms with van der Waals surface area (Å²) in [5, 5.41) is 7.29. The third-order valence-electron chi connectivity index (χ3n) is 8.16. The number of Topliss-reactive ketones (excluding diaryl/α,β-unsaturated/α-hetero) is 1. The van der Waals surface area contributed by atoms with Gasteiger partial charge in [-0.2, -0.15) is 5.10 Å². The number of hydrogen-bond acceptors (Lipinski definition) is 7. The summed E-state index contributed by atoms with van der Waals surface area (Å²) >= 11 is 0. The molecule has 1 aliphatic carbocycles. The molecule has 1 aliphatic heterocycles. The molecule has 1 saturated carbocycles. The van der Waals surface area contributed by atoms with Gasteiger partial charge in [0.05, 0.1) is 11.2 Å². The summed E-state index contributed by atoms with van der Waals surface area (Å²) < 4.78 is 57.9. The minimum absolute atomic E-state index is 0.172. The standard InChI is InChI=1S/C30H26F4N6O4/c1-15(41)27-19-9-17(18-12-35-16(2)36-13-18)7-8-21(19)39(38-27)14-25(42)40-22(10-29(3)11-24(29)40)28(43)37-20-5-4-6-23(26(20)31)44-30(32,33)34/h4-9,12-13,22,24H,10-11,14H2,1-3H3,(H,37,43)/t22-,24?,29-/m0/s1. The van der Waals surface area contributed by atoms with Gasteiger partial charge in [0.1, 0.15) is 24.1 Å². The van der Waals surface area contributed by atoms with Crippen molar-refractivity contribution in [1.82, 2.24) is 24.6 Å². The summed E-state index contributed by atoms with van der Waals surface area (Å²) in [4.78, 5) is 49.4. The average Bonchev–Trinajstić information content (AvgIpc) is 3.32. The van der Waals surface area contributed by atoms with E-state index in [1.807, 2.05) is 6.92 Å². The molecule has 1 N–H and O–H groups in total. The number of hydrogen-bond donors (Lipinski definition) is 1. The lowest BCUT2D eigenvalue weighted by atomic mass is 10.0. The van der Waals surface area contributed by atoms with Crippen LogP contribution in [0.3, 0.4) is 0 Å². The monoisotopic (exact) mass is 610 g/mol. The lowest BCUT2D eigenvalue weighted by Crippen LogP contribution is -2.46. The Morgan fingerprint density at radius 3 is 2.50 bits per heavy atom. The van der Waals surface area contributed by atoms with Gasteiger partial charge in [-0.15, -0.1) is 13.2 Å². The van der Waals surface area contributed by atoms with Crippen molar-refractivity contribution in [3.05, 3.63) is 66.1 Å². The van der Waals surface area contributed by atoms with Crippen LogP contribution in [0.25, 0.3) is 22.0 Å². The summed E-state index contributed by atoms with van der Waals surface area (Å²) in [6.07, 6.45) is -0.838. The molecule has 2 fully saturated rings. The zero-order valence-electron chi connectivity index (χ0n) is 23.8. The van der Waals surface area contributed by atoms with E-state index < -0.39 is 41.5 Å². The van der Waals surface area contributed by atoms with Crippen LogP contribution in [-0.4, -0.2) is 60.7 Å². The van der Waals surface area contributed by atoms with Crippen molar-refractivity contribution >= 4 is 34.2 Å². The maximum absolute atomic E-state index is 14.8. The predicted octanol–water partition coefficient (Wildman–Crippen LogP) is 5.06. The Bertz CT molecular complexity index is 1820. The fraction of sp³-hybridized carbons (Fsp3) is 0.333. The summed E-state index contributed by atoms with van der Waals surface area (Å²) in [5.74, 6) is -3.35. The van der Waals surface area contributed by atoms with Crippen LogP contribution in [0.5, 0.6) is 5.75 Å². The number of amides is 2. The number of piperidine rings is 1. The molecule has 44 heavy (non-hydrogen) atoms. The summed E-state index contributed by atoms with van der Waals surface area (Å²) in [7, 11) is 0. The second-order valence-corrected chi connectivity index (χ2v) is 11.4. The third-order valence-corrected chi connectivity index (χ3v) is 8.16. The number of carbonyl (C=O) groups is 3. The van der Waals surface area contributed by atoms with E-state index in [9.17, 15) is 31.9 Å². The van der Waals surface area contributed by atoms with Gasteiger partial charge in [0.25, 0.3) is 0 Å². The van der Waals surface area contributed by atoms with Gasteiger partial charge in [0, 0.05) is 36.3 Å². The van der Waals surface area contributed by atoms with Gasteiger partial charge < -0.3 is 15.0 Å². The fourth-order valence-corrected chi connectivity index (χ4v) is 5.88. The van der Waals surface area contributed by atoms with E-state index in [4.69, 9.17) is 0 Å². The maximum atomic E-state index is 14.8. The van der Waals surface area contributed by atoms with Crippen LogP contribution < -0.4 is 10.1 Å². The number of ether oxygens (including phenoxy) is 1. The van der Waals surface area contributed by atoms with Crippen molar-refractivity contribution in [2.45, 2.75) is 58.6 Å². The summed E-state index contributed by atoms with van der Waals surface area (Å²) in [5.41, 5.74) is 1.36. The van der Waals surface area contributed by atoms with Gasteiger partial charge in [-0.3, -0.25) is 19.1 Å². The van der Waals surface area contributed by atoms with Crippen LogP contribution in [0.15, 0.2) is 48.8 Å². The molecule has 6 rings (SSSR count). The molecule has 14 heteroatoms. The van der Waals surface area contributed by atoms with Crippen LogP contribution in [0.1, 0.15) is 43.0 Å². The molecule has 2 amide bonds. The number of halogens is 4. The number of ketones is 1. The van der Waals surface area contributed by atoms with Gasteiger partial charge in [-0.05, 0) is 55.0 Å². The number of fused-ring (bicyclic) bond motifs is 2. The van der Waals surface area contributed by atoms with Gasteiger partial charge >= 0.3 is 6.36 Å². The van der Waals surface area contributed by atoms with Crippen LogP contribution in [-0.2, 0) is 16.1 Å². The third kappa shape index (κ3) is 5.35. The topological polar surface area (TPSA) is 119 Å². The predicted molar refractivity (Wildman–Crippen MR) is 149 cm³/mol. The highest BCUT2D eigenvalue weighted by atomic mass is 19.4. The number of aromatic nitrogens is 4. The number of anilines is 1. The number of nitrogens with zero attached hydrogens (tertiary/aromatic N) is 5. The second-order valence-electron chi connectivity index (χ2n) is 11.4. The molecule has 0 spiro atoms. The van der Waals surface area contributed by atoms with Crippen LogP contribution in [0.2, 0.25) is 0 Å². The second kappa shape index (κ2) is 10.4. The number of aryl methyl sites for hydroxylation is 1. The molecule has 228 valence electrons. The smallest absolute Gasteiger partial charge is 0.403 e. The maximum Gasteiger partial charge on any atom is 0.573 e. The lowest BCUT2D eigenvalue weighted by molar-refractivity contribution is -0.275. The van der Waals surface area contributed by atoms with E-state index in [1.165, 1.54) is 16.5 Å². The van der Waals surface area contributed by atoms with Gasteiger partial charge in [-0.25, -0.2) is 14.4 Å². The van der Waals surface area contributed by atoms with Crippen LogP contribution in [0.4, 0.5) is 23.2 Å². The average molecular weight is 611 g/mol. The van der Waals surface area contributed by atoms with E-state index in [2.05, 4.69) is 25.1 Å². The molecule has 2 aliphatic rings. The normalized spacial score (nSPS) is 20.8. The highest BCUT2D eigenvalue weighted by Crippen LogP contribution is 2.59. The number of nitrogens with one attached hydrogen (secondary N) is 1. The van der Waals surface area contributed by atoms with Crippen molar-refractivity contribution in [2.24, 2.45) is 5.41 Å². The van der Waals surface area contributed by atoms with Gasteiger partial charge in [0.2, 0.25) is 11.8 Å². The molecule has 1 saturated heterocycles. The first-order valence-electron chi connectivity index (χ1n) is 13.7.